The molecule has 0 fully saturated rings. The van der Waals surface area contributed by atoms with Crippen molar-refractivity contribution in [2.24, 2.45) is 5.73 Å². The van der Waals surface area contributed by atoms with Gasteiger partial charge in [0.2, 0.25) is 0 Å². The van der Waals surface area contributed by atoms with Crippen LogP contribution >= 0.6 is 12.2 Å². The highest BCUT2D eigenvalue weighted by atomic mass is 32.1. The first-order valence-corrected chi connectivity index (χ1v) is 5.19. The van der Waals surface area contributed by atoms with Gasteiger partial charge in [-0.05, 0) is 24.7 Å². The summed E-state index contributed by atoms with van der Waals surface area (Å²) in [5, 5.41) is 8.73. The minimum atomic E-state index is -0.914. The number of aromatic carboxylic acids is 1. The summed E-state index contributed by atoms with van der Waals surface area (Å²) in [6.07, 6.45) is 0. The van der Waals surface area contributed by atoms with Crippen molar-refractivity contribution in [1.82, 2.24) is 4.90 Å². The van der Waals surface area contributed by atoms with Crippen molar-refractivity contribution in [3.63, 3.8) is 0 Å². The minimum Gasteiger partial charge on any atom is -0.478 e. The van der Waals surface area contributed by atoms with Gasteiger partial charge in [-0.3, -0.25) is 4.90 Å². The van der Waals surface area contributed by atoms with E-state index in [-0.39, 0.29) is 0 Å². The summed E-state index contributed by atoms with van der Waals surface area (Å²) in [5.74, 6) is -0.914. The molecule has 5 heteroatoms. The number of nitrogens with zero attached hydrogens (tertiary/aromatic N) is 1. The molecule has 0 saturated heterocycles. The Hall–Kier alpha value is -1.46. The van der Waals surface area contributed by atoms with Gasteiger partial charge in [0.1, 0.15) is 0 Å². The van der Waals surface area contributed by atoms with Gasteiger partial charge in [0.25, 0.3) is 0 Å². The smallest absolute Gasteiger partial charge is 0.335 e. The summed E-state index contributed by atoms with van der Waals surface area (Å²) in [6.45, 7) is 1.24. The number of likely N-dealkylation sites (N-methyl/N-ethyl adjacent to an activating group) is 1. The molecule has 0 unspecified atom stereocenters. The number of thiocarbonyl (C=S) groups is 1. The maximum atomic E-state index is 10.6. The molecule has 4 nitrogen and oxygen atoms in total. The molecule has 0 aliphatic rings. The van der Waals surface area contributed by atoms with Crippen LogP contribution < -0.4 is 5.73 Å². The number of hydrogen-bond acceptors (Lipinski definition) is 3. The molecule has 16 heavy (non-hydrogen) atoms. The lowest BCUT2D eigenvalue weighted by Gasteiger charge is -2.15. The molecule has 1 aromatic carbocycles. The Morgan fingerprint density at radius 3 is 2.44 bits per heavy atom. The molecule has 0 aliphatic carbocycles. The van der Waals surface area contributed by atoms with Gasteiger partial charge in [-0.15, -0.1) is 0 Å². The van der Waals surface area contributed by atoms with E-state index in [4.69, 9.17) is 23.1 Å². The van der Waals surface area contributed by atoms with Gasteiger partial charge in [-0.25, -0.2) is 4.79 Å². The second-order valence-electron chi connectivity index (χ2n) is 3.64. The number of rotatable bonds is 5. The third-order valence-electron chi connectivity index (χ3n) is 2.08. The first-order valence-electron chi connectivity index (χ1n) is 4.78. The van der Waals surface area contributed by atoms with E-state index < -0.39 is 5.97 Å². The molecule has 0 atom stereocenters. The second-order valence-corrected chi connectivity index (χ2v) is 4.17. The van der Waals surface area contributed by atoms with Crippen LogP contribution in [0, 0.1) is 0 Å². The largest absolute Gasteiger partial charge is 0.478 e. The van der Waals surface area contributed by atoms with Crippen molar-refractivity contribution in [3.8, 4) is 0 Å². The zero-order valence-electron chi connectivity index (χ0n) is 9.01. The third kappa shape index (κ3) is 3.96. The van der Waals surface area contributed by atoms with Gasteiger partial charge in [-0.2, -0.15) is 0 Å². The van der Waals surface area contributed by atoms with Crippen molar-refractivity contribution in [3.05, 3.63) is 35.4 Å². The highest BCUT2D eigenvalue weighted by molar-refractivity contribution is 7.80. The van der Waals surface area contributed by atoms with E-state index in [0.717, 1.165) is 5.56 Å². The van der Waals surface area contributed by atoms with E-state index in [2.05, 4.69) is 0 Å². The number of hydrogen-bond donors (Lipinski definition) is 2. The second kappa shape index (κ2) is 5.58. The summed E-state index contributed by atoms with van der Waals surface area (Å²) in [7, 11) is 1.91. The van der Waals surface area contributed by atoms with Gasteiger partial charge in [-0.1, -0.05) is 24.4 Å². The molecule has 0 radical (unpaired) electrons. The van der Waals surface area contributed by atoms with Gasteiger partial charge in [0.15, 0.2) is 0 Å². The van der Waals surface area contributed by atoms with E-state index in [1.807, 2.05) is 11.9 Å². The molecule has 0 bridgehead atoms. The Labute approximate surface area is 99.7 Å². The summed E-state index contributed by atoms with van der Waals surface area (Å²) in [6, 6.07) is 6.76. The summed E-state index contributed by atoms with van der Waals surface area (Å²) >= 11 is 4.80. The summed E-state index contributed by atoms with van der Waals surface area (Å²) in [5.41, 5.74) is 6.75. The van der Waals surface area contributed by atoms with Crippen LogP contribution in [0.4, 0.5) is 0 Å². The maximum Gasteiger partial charge on any atom is 0.335 e. The molecule has 0 aliphatic heterocycles. The highest BCUT2D eigenvalue weighted by Crippen LogP contribution is 2.06. The lowest BCUT2D eigenvalue weighted by molar-refractivity contribution is 0.0697. The van der Waals surface area contributed by atoms with E-state index in [1.165, 1.54) is 0 Å². The summed E-state index contributed by atoms with van der Waals surface area (Å²) < 4.78 is 0. The van der Waals surface area contributed by atoms with Crippen molar-refractivity contribution in [2.75, 3.05) is 13.6 Å². The Morgan fingerprint density at radius 2 is 2.00 bits per heavy atom. The van der Waals surface area contributed by atoms with Crippen LogP contribution in [-0.2, 0) is 6.54 Å². The van der Waals surface area contributed by atoms with Gasteiger partial charge in [0.05, 0.1) is 10.6 Å². The average Bonchev–Trinajstić information content (AvgIpc) is 2.16. The number of benzene rings is 1. The van der Waals surface area contributed by atoms with E-state index in [9.17, 15) is 4.79 Å². The number of carboxylic acid groups (broad SMARTS) is 1. The molecule has 0 spiro atoms. The van der Waals surface area contributed by atoms with Crippen LogP contribution in [-0.4, -0.2) is 34.6 Å². The molecular weight excluding hydrogens is 224 g/mol. The van der Waals surface area contributed by atoms with Crippen molar-refractivity contribution in [2.45, 2.75) is 6.54 Å². The fraction of sp³-hybridized carbons (Fsp3) is 0.273. The zero-order valence-corrected chi connectivity index (χ0v) is 9.83. The van der Waals surface area contributed by atoms with E-state index >= 15 is 0 Å². The molecular formula is C11H14N2O2S. The maximum absolute atomic E-state index is 10.6. The van der Waals surface area contributed by atoms with Crippen molar-refractivity contribution in [1.29, 1.82) is 0 Å². The lowest BCUT2D eigenvalue weighted by atomic mass is 10.1. The Bertz CT molecular complexity index is 389. The van der Waals surface area contributed by atoms with Gasteiger partial charge >= 0.3 is 5.97 Å². The monoisotopic (exact) mass is 238 g/mol. The fourth-order valence-corrected chi connectivity index (χ4v) is 1.61. The van der Waals surface area contributed by atoms with E-state index in [1.54, 1.807) is 24.3 Å². The topological polar surface area (TPSA) is 66.6 Å². The predicted molar refractivity (Wildman–Crippen MR) is 66.5 cm³/mol. The van der Waals surface area contributed by atoms with Crippen LogP contribution in [0.25, 0.3) is 0 Å². The molecule has 1 rings (SSSR count). The number of carboxylic acids is 1. The first kappa shape index (κ1) is 12.6. The fourth-order valence-electron chi connectivity index (χ4n) is 1.39. The Balaban J connectivity index is 2.61. The third-order valence-corrected chi connectivity index (χ3v) is 2.21. The average molecular weight is 238 g/mol. The molecule has 0 saturated carbocycles. The molecule has 0 heterocycles. The lowest BCUT2D eigenvalue weighted by Crippen LogP contribution is -2.28. The van der Waals surface area contributed by atoms with Crippen molar-refractivity contribution >= 4 is 23.2 Å². The van der Waals surface area contributed by atoms with Crippen LogP contribution in [0.3, 0.4) is 0 Å². The van der Waals surface area contributed by atoms with Crippen molar-refractivity contribution < 1.29 is 9.90 Å². The van der Waals surface area contributed by atoms with Crippen LogP contribution in [0.1, 0.15) is 15.9 Å². The normalized spacial score (nSPS) is 10.4. The highest BCUT2D eigenvalue weighted by Gasteiger charge is 2.04. The zero-order chi connectivity index (χ0) is 12.1. The van der Waals surface area contributed by atoms with Crippen LogP contribution in [0.5, 0.6) is 0 Å². The number of carbonyl (C=O) groups is 1. The first-order chi connectivity index (χ1) is 7.49. The molecule has 3 N–H and O–H groups in total. The molecule has 1 aromatic rings. The van der Waals surface area contributed by atoms with E-state index in [0.29, 0.717) is 23.6 Å². The van der Waals surface area contributed by atoms with Crippen LogP contribution in [0.15, 0.2) is 24.3 Å². The number of nitrogens with two attached hydrogens (primary N) is 1. The Kier molecular flexibility index (Phi) is 4.39. The van der Waals surface area contributed by atoms with Crippen LogP contribution in [0.2, 0.25) is 0 Å². The standard InChI is InChI=1S/C11H14N2O2S/c1-13(7-10(12)16)6-8-2-4-9(5-3-8)11(14)15/h2-5H,6-7H2,1H3,(H2,12,16)(H,14,15). The quantitative estimate of drug-likeness (QED) is 0.752. The van der Waals surface area contributed by atoms with Gasteiger partial charge < -0.3 is 10.8 Å². The minimum absolute atomic E-state index is 0.292. The molecule has 0 aromatic heterocycles. The molecule has 0 amide bonds. The van der Waals surface area contributed by atoms with Gasteiger partial charge in [0, 0.05) is 13.1 Å². The predicted octanol–water partition coefficient (Wildman–Crippen LogP) is 1.10. The summed E-state index contributed by atoms with van der Waals surface area (Å²) in [4.78, 5) is 13.1. The molecule has 86 valence electrons. The SMILES string of the molecule is CN(CC(N)=S)Cc1ccc(C(=O)O)cc1. The Morgan fingerprint density at radius 1 is 1.44 bits per heavy atom.